The van der Waals surface area contributed by atoms with E-state index in [2.05, 4.69) is 35.2 Å². The van der Waals surface area contributed by atoms with Gasteiger partial charge in [-0.25, -0.2) is 0 Å². The van der Waals surface area contributed by atoms with E-state index >= 15 is 0 Å². The predicted molar refractivity (Wildman–Crippen MR) is 88.0 cm³/mol. The molecule has 2 aromatic rings. The normalized spacial score (nSPS) is 21.3. The zero-order valence-electron chi connectivity index (χ0n) is 12.8. The lowest BCUT2D eigenvalue weighted by atomic mass is 9.82. The minimum Gasteiger partial charge on any atom is -0.298 e. The number of carbonyl (C=O) groups excluding carboxylic acids is 1. The fraction of sp³-hybridized carbons (Fsp3) is 0.350. The summed E-state index contributed by atoms with van der Waals surface area (Å²) in [7, 11) is 0. The molecule has 0 amide bonds. The molecule has 0 aromatic heterocycles. The Labute approximate surface area is 131 Å². The van der Waals surface area contributed by atoms with Crippen LogP contribution >= 0.6 is 0 Å². The number of aryl methyl sites for hydroxylation is 1. The second-order valence-electron chi connectivity index (χ2n) is 6.51. The Balaban J connectivity index is 1.48. The van der Waals surface area contributed by atoms with Gasteiger partial charge in [0.05, 0.1) is 0 Å². The molecule has 1 aliphatic carbocycles. The molecule has 112 valence electrons. The van der Waals surface area contributed by atoms with E-state index in [1.165, 1.54) is 16.7 Å². The van der Waals surface area contributed by atoms with E-state index in [0.717, 1.165) is 44.5 Å². The Bertz CT molecular complexity index is 706. The van der Waals surface area contributed by atoms with Gasteiger partial charge in [-0.2, -0.15) is 0 Å². The van der Waals surface area contributed by atoms with Gasteiger partial charge < -0.3 is 0 Å². The molecule has 1 aliphatic heterocycles. The molecule has 0 saturated carbocycles. The van der Waals surface area contributed by atoms with Gasteiger partial charge in [0.1, 0.15) is 0 Å². The molecule has 1 atom stereocenters. The Kier molecular flexibility index (Phi) is 3.55. The zero-order chi connectivity index (χ0) is 14.9. The van der Waals surface area contributed by atoms with Crippen molar-refractivity contribution in [2.24, 2.45) is 5.92 Å². The first kappa shape index (κ1) is 13.7. The van der Waals surface area contributed by atoms with Gasteiger partial charge in [-0.05, 0) is 36.0 Å². The lowest BCUT2D eigenvalue weighted by Gasteiger charge is -2.33. The molecule has 1 heterocycles. The van der Waals surface area contributed by atoms with Gasteiger partial charge in [0.2, 0.25) is 0 Å². The number of carbonyl (C=O) groups is 1. The molecule has 0 bridgehead atoms. The summed E-state index contributed by atoms with van der Waals surface area (Å²) in [4.78, 5) is 15.2. The largest absolute Gasteiger partial charge is 0.298 e. The van der Waals surface area contributed by atoms with Crippen molar-refractivity contribution in [2.75, 3.05) is 13.1 Å². The fourth-order valence-corrected chi connectivity index (χ4v) is 3.86. The summed E-state index contributed by atoms with van der Waals surface area (Å²) in [5, 5.41) is 0. The van der Waals surface area contributed by atoms with Crippen LogP contribution in [0.1, 0.15) is 33.5 Å². The summed E-state index contributed by atoms with van der Waals surface area (Å²) < 4.78 is 0. The van der Waals surface area contributed by atoms with Crippen LogP contribution in [0.5, 0.6) is 0 Å². The number of hydrogen-bond donors (Lipinski definition) is 0. The van der Waals surface area contributed by atoms with Gasteiger partial charge in [-0.3, -0.25) is 9.69 Å². The Morgan fingerprint density at radius 3 is 2.50 bits per heavy atom. The molecule has 0 radical (unpaired) electrons. The van der Waals surface area contributed by atoms with Crippen LogP contribution in [0, 0.1) is 5.92 Å². The molecular weight excluding hydrogens is 270 g/mol. The van der Waals surface area contributed by atoms with Crippen molar-refractivity contribution >= 4 is 5.78 Å². The molecule has 2 heteroatoms. The lowest BCUT2D eigenvalue weighted by Crippen LogP contribution is -2.38. The van der Waals surface area contributed by atoms with Crippen molar-refractivity contribution in [1.29, 1.82) is 0 Å². The summed E-state index contributed by atoms with van der Waals surface area (Å²) in [5.41, 5.74) is 5.08. The predicted octanol–water partition coefficient (Wildman–Crippen LogP) is 3.49. The SMILES string of the molecule is O=C1c2ccccc2CCC1CN1CCc2ccccc2C1. The van der Waals surface area contributed by atoms with Crippen LogP contribution in [0.2, 0.25) is 0 Å². The van der Waals surface area contributed by atoms with Gasteiger partial charge in [-0.1, -0.05) is 48.5 Å². The Morgan fingerprint density at radius 1 is 0.909 bits per heavy atom. The molecule has 2 aromatic carbocycles. The molecule has 0 spiro atoms. The number of ketones is 1. The van der Waals surface area contributed by atoms with Gasteiger partial charge in [-0.15, -0.1) is 0 Å². The number of rotatable bonds is 2. The van der Waals surface area contributed by atoms with Crippen LogP contribution in [-0.4, -0.2) is 23.8 Å². The van der Waals surface area contributed by atoms with Crippen LogP contribution < -0.4 is 0 Å². The zero-order valence-corrected chi connectivity index (χ0v) is 12.8. The minimum atomic E-state index is 0.167. The number of fused-ring (bicyclic) bond motifs is 2. The van der Waals surface area contributed by atoms with E-state index in [4.69, 9.17) is 0 Å². The number of Topliss-reactive ketones (excluding diaryl/α,β-unsaturated/α-hetero) is 1. The van der Waals surface area contributed by atoms with Crippen molar-refractivity contribution in [3.63, 3.8) is 0 Å². The summed E-state index contributed by atoms with van der Waals surface area (Å²) >= 11 is 0. The van der Waals surface area contributed by atoms with Gasteiger partial charge in [0.25, 0.3) is 0 Å². The molecule has 22 heavy (non-hydrogen) atoms. The average Bonchev–Trinajstić information content (AvgIpc) is 2.57. The van der Waals surface area contributed by atoms with Crippen LogP contribution in [0.25, 0.3) is 0 Å². The van der Waals surface area contributed by atoms with E-state index in [0.29, 0.717) is 5.78 Å². The minimum absolute atomic E-state index is 0.167. The summed E-state index contributed by atoms with van der Waals surface area (Å²) in [5.74, 6) is 0.515. The van der Waals surface area contributed by atoms with Gasteiger partial charge in [0.15, 0.2) is 5.78 Å². The maximum atomic E-state index is 12.7. The quantitative estimate of drug-likeness (QED) is 0.844. The smallest absolute Gasteiger partial charge is 0.167 e. The lowest BCUT2D eigenvalue weighted by molar-refractivity contribution is 0.0850. The van der Waals surface area contributed by atoms with Crippen molar-refractivity contribution in [3.8, 4) is 0 Å². The molecule has 0 fully saturated rings. The van der Waals surface area contributed by atoms with E-state index in [9.17, 15) is 4.79 Å². The van der Waals surface area contributed by atoms with Crippen molar-refractivity contribution < 1.29 is 4.79 Å². The monoisotopic (exact) mass is 291 g/mol. The molecule has 2 aliphatic rings. The number of benzene rings is 2. The van der Waals surface area contributed by atoms with Crippen LogP contribution in [0.15, 0.2) is 48.5 Å². The summed E-state index contributed by atoms with van der Waals surface area (Å²) in [6, 6.07) is 16.8. The Morgan fingerprint density at radius 2 is 1.64 bits per heavy atom. The van der Waals surface area contributed by atoms with E-state index in [1.807, 2.05) is 18.2 Å². The van der Waals surface area contributed by atoms with Gasteiger partial charge in [0, 0.05) is 31.1 Å². The number of nitrogens with zero attached hydrogens (tertiary/aromatic N) is 1. The van der Waals surface area contributed by atoms with Crippen molar-refractivity contribution in [1.82, 2.24) is 4.90 Å². The highest BCUT2D eigenvalue weighted by Crippen LogP contribution is 2.27. The van der Waals surface area contributed by atoms with E-state index < -0.39 is 0 Å². The molecule has 1 unspecified atom stereocenters. The first-order valence-electron chi connectivity index (χ1n) is 8.22. The summed E-state index contributed by atoms with van der Waals surface area (Å²) in [6.45, 7) is 2.96. The fourth-order valence-electron chi connectivity index (χ4n) is 3.86. The third-order valence-electron chi connectivity index (χ3n) is 5.10. The second-order valence-corrected chi connectivity index (χ2v) is 6.51. The molecule has 0 N–H and O–H groups in total. The van der Waals surface area contributed by atoms with Crippen molar-refractivity contribution in [3.05, 3.63) is 70.8 Å². The van der Waals surface area contributed by atoms with Gasteiger partial charge >= 0.3 is 0 Å². The highest BCUT2D eigenvalue weighted by molar-refractivity contribution is 6.00. The first-order chi connectivity index (χ1) is 10.8. The maximum absolute atomic E-state index is 12.7. The van der Waals surface area contributed by atoms with Crippen molar-refractivity contribution in [2.45, 2.75) is 25.8 Å². The van der Waals surface area contributed by atoms with E-state index in [1.54, 1.807) is 0 Å². The first-order valence-corrected chi connectivity index (χ1v) is 8.22. The topological polar surface area (TPSA) is 20.3 Å². The second kappa shape index (κ2) is 5.69. The molecule has 0 saturated heterocycles. The standard InChI is InChI=1S/C20H21NO/c22-20-18(10-9-16-6-3-4-8-19(16)20)14-21-12-11-15-5-1-2-7-17(15)13-21/h1-8,18H,9-14H2. The molecular formula is C20H21NO. The third-order valence-corrected chi connectivity index (χ3v) is 5.10. The van der Waals surface area contributed by atoms with Crippen LogP contribution in [-0.2, 0) is 19.4 Å². The average molecular weight is 291 g/mol. The summed E-state index contributed by atoms with van der Waals surface area (Å²) in [6.07, 6.45) is 3.14. The van der Waals surface area contributed by atoms with E-state index in [-0.39, 0.29) is 5.92 Å². The Hall–Kier alpha value is -1.93. The van der Waals surface area contributed by atoms with Crippen LogP contribution in [0.3, 0.4) is 0 Å². The maximum Gasteiger partial charge on any atom is 0.167 e. The highest BCUT2D eigenvalue weighted by Gasteiger charge is 2.29. The van der Waals surface area contributed by atoms with Crippen LogP contribution in [0.4, 0.5) is 0 Å². The highest BCUT2D eigenvalue weighted by atomic mass is 16.1. The third kappa shape index (κ3) is 2.48. The number of hydrogen-bond acceptors (Lipinski definition) is 2. The molecule has 4 rings (SSSR count). The molecule has 2 nitrogen and oxygen atoms in total.